The Morgan fingerprint density at radius 2 is 2.27 bits per heavy atom. The molecule has 0 aliphatic rings. The molecule has 1 aromatic heterocycles. The number of rotatable bonds is 3. The van der Waals surface area contributed by atoms with Crippen molar-refractivity contribution in [1.29, 1.82) is 5.26 Å². The number of aromatic nitrogens is 1. The quantitative estimate of drug-likeness (QED) is 0.772. The molecule has 0 aliphatic carbocycles. The minimum absolute atomic E-state index is 0.0234. The number of methoxy groups -OCH3 is 1. The van der Waals surface area contributed by atoms with E-state index in [1.54, 1.807) is 6.92 Å². The summed E-state index contributed by atoms with van der Waals surface area (Å²) in [5.74, 6) is 0.0594. The van der Waals surface area contributed by atoms with E-state index in [-0.39, 0.29) is 12.2 Å². The molecule has 3 nitrogen and oxygen atoms in total. The average molecular weight is 212 g/mol. The molecule has 80 valence electrons. The number of alkyl halides is 2. The van der Waals surface area contributed by atoms with Crippen molar-refractivity contribution in [3.63, 3.8) is 0 Å². The summed E-state index contributed by atoms with van der Waals surface area (Å²) in [4.78, 5) is 3.73. The van der Waals surface area contributed by atoms with Gasteiger partial charge in [0.25, 0.3) is 6.43 Å². The first kappa shape index (κ1) is 11.4. The van der Waals surface area contributed by atoms with Gasteiger partial charge in [-0.1, -0.05) is 0 Å². The predicted octanol–water partition coefficient (Wildman–Crippen LogP) is 2.40. The van der Waals surface area contributed by atoms with Gasteiger partial charge in [0.05, 0.1) is 25.3 Å². The Morgan fingerprint density at radius 1 is 1.60 bits per heavy atom. The standard InChI is InChI=1S/C10H10F2N2O/c1-6-5-8(15-2)9(10(11)12)14-7(6)3-4-13/h5,10H,3H2,1-2H3. The number of pyridine rings is 1. The van der Waals surface area contributed by atoms with E-state index in [0.717, 1.165) is 0 Å². The highest BCUT2D eigenvalue weighted by atomic mass is 19.3. The van der Waals surface area contributed by atoms with Crippen LogP contribution in [-0.4, -0.2) is 12.1 Å². The van der Waals surface area contributed by atoms with Crippen LogP contribution in [0.4, 0.5) is 8.78 Å². The molecule has 0 spiro atoms. The largest absolute Gasteiger partial charge is 0.495 e. The Bertz CT molecular complexity index is 399. The van der Waals surface area contributed by atoms with Gasteiger partial charge in [0.15, 0.2) is 0 Å². The number of nitrogens with zero attached hydrogens (tertiary/aromatic N) is 2. The van der Waals surface area contributed by atoms with E-state index in [2.05, 4.69) is 4.98 Å². The van der Waals surface area contributed by atoms with Gasteiger partial charge < -0.3 is 4.74 Å². The summed E-state index contributed by atoms with van der Waals surface area (Å²) >= 11 is 0. The van der Waals surface area contributed by atoms with Crippen LogP contribution in [-0.2, 0) is 6.42 Å². The highest BCUT2D eigenvalue weighted by Crippen LogP contribution is 2.28. The molecule has 0 N–H and O–H groups in total. The molecule has 15 heavy (non-hydrogen) atoms. The lowest BCUT2D eigenvalue weighted by Gasteiger charge is -2.10. The van der Waals surface area contributed by atoms with Crippen molar-refractivity contribution in [1.82, 2.24) is 4.98 Å². The van der Waals surface area contributed by atoms with Gasteiger partial charge in [0.1, 0.15) is 11.4 Å². The molecule has 1 rings (SSSR count). The van der Waals surface area contributed by atoms with Gasteiger partial charge in [-0.3, -0.25) is 0 Å². The second-order valence-electron chi connectivity index (χ2n) is 2.98. The van der Waals surface area contributed by atoms with Gasteiger partial charge in [0, 0.05) is 0 Å². The first-order valence-electron chi connectivity index (χ1n) is 4.29. The number of nitriles is 1. The first-order valence-corrected chi connectivity index (χ1v) is 4.29. The van der Waals surface area contributed by atoms with Crippen LogP contribution in [0.3, 0.4) is 0 Å². The average Bonchev–Trinajstić information content (AvgIpc) is 2.20. The van der Waals surface area contributed by atoms with Gasteiger partial charge in [-0.15, -0.1) is 0 Å². The van der Waals surface area contributed by atoms with Crippen molar-refractivity contribution in [2.45, 2.75) is 19.8 Å². The van der Waals surface area contributed by atoms with Crippen molar-refractivity contribution >= 4 is 0 Å². The molecular weight excluding hydrogens is 202 g/mol. The van der Waals surface area contributed by atoms with Crippen molar-refractivity contribution in [2.75, 3.05) is 7.11 Å². The van der Waals surface area contributed by atoms with Crippen molar-refractivity contribution < 1.29 is 13.5 Å². The van der Waals surface area contributed by atoms with Crippen LogP contribution in [0.2, 0.25) is 0 Å². The van der Waals surface area contributed by atoms with E-state index >= 15 is 0 Å². The fourth-order valence-corrected chi connectivity index (χ4v) is 1.22. The molecule has 0 radical (unpaired) electrons. The third-order valence-corrected chi connectivity index (χ3v) is 1.98. The Morgan fingerprint density at radius 3 is 2.73 bits per heavy atom. The number of hydrogen-bond donors (Lipinski definition) is 0. The molecule has 0 saturated heterocycles. The van der Waals surface area contributed by atoms with Gasteiger partial charge in [-0.05, 0) is 18.6 Å². The van der Waals surface area contributed by atoms with Crippen LogP contribution in [0.1, 0.15) is 23.4 Å². The summed E-state index contributed by atoms with van der Waals surface area (Å²) < 4.78 is 29.9. The fraction of sp³-hybridized carbons (Fsp3) is 0.400. The van der Waals surface area contributed by atoms with Gasteiger partial charge in [-0.25, -0.2) is 13.8 Å². The summed E-state index contributed by atoms with van der Waals surface area (Å²) in [5.41, 5.74) is 0.639. The van der Waals surface area contributed by atoms with Crippen molar-refractivity contribution in [3.8, 4) is 11.8 Å². The number of halogens is 2. The Balaban J connectivity index is 3.25. The summed E-state index contributed by atoms with van der Waals surface area (Å²) in [6.45, 7) is 1.71. The molecule has 0 bridgehead atoms. The molecule has 0 unspecified atom stereocenters. The third kappa shape index (κ3) is 2.40. The van der Waals surface area contributed by atoms with Crippen LogP contribution < -0.4 is 4.74 Å². The second-order valence-corrected chi connectivity index (χ2v) is 2.98. The molecule has 0 saturated carbocycles. The SMILES string of the molecule is COc1cc(C)c(CC#N)nc1C(F)F. The van der Waals surface area contributed by atoms with Crippen LogP contribution in [0.15, 0.2) is 6.07 Å². The number of hydrogen-bond acceptors (Lipinski definition) is 3. The van der Waals surface area contributed by atoms with E-state index in [4.69, 9.17) is 10.00 Å². The monoisotopic (exact) mass is 212 g/mol. The molecule has 5 heteroatoms. The Hall–Kier alpha value is -1.70. The topological polar surface area (TPSA) is 45.9 Å². The molecule has 0 fully saturated rings. The maximum absolute atomic E-state index is 12.5. The highest BCUT2D eigenvalue weighted by molar-refractivity contribution is 5.36. The molecule has 1 heterocycles. The Labute approximate surface area is 86.3 Å². The third-order valence-electron chi connectivity index (χ3n) is 1.98. The van der Waals surface area contributed by atoms with Gasteiger partial charge in [0.2, 0.25) is 0 Å². The lowest BCUT2D eigenvalue weighted by molar-refractivity contribution is 0.141. The zero-order valence-corrected chi connectivity index (χ0v) is 8.42. The van der Waals surface area contributed by atoms with Crippen LogP contribution in [0.5, 0.6) is 5.75 Å². The van der Waals surface area contributed by atoms with Crippen LogP contribution >= 0.6 is 0 Å². The van der Waals surface area contributed by atoms with E-state index in [1.807, 2.05) is 6.07 Å². The van der Waals surface area contributed by atoms with Gasteiger partial charge in [-0.2, -0.15) is 5.26 Å². The van der Waals surface area contributed by atoms with Crippen LogP contribution in [0, 0.1) is 18.3 Å². The summed E-state index contributed by atoms with van der Waals surface area (Å²) in [7, 11) is 1.31. The molecule has 1 aromatic rings. The van der Waals surface area contributed by atoms with Crippen molar-refractivity contribution in [2.24, 2.45) is 0 Å². The van der Waals surface area contributed by atoms with E-state index in [1.165, 1.54) is 13.2 Å². The van der Waals surface area contributed by atoms with E-state index in [0.29, 0.717) is 11.3 Å². The molecule has 0 amide bonds. The van der Waals surface area contributed by atoms with E-state index < -0.39 is 12.1 Å². The minimum atomic E-state index is -2.70. The molecular formula is C10H10F2N2O. The fourth-order valence-electron chi connectivity index (χ4n) is 1.22. The van der Waals surface area contributed by atoms with Crippen LogP contribution in [0.25, 0.3) is 0 Å². The zero-order chi connectivity index (χ0) is 11.4. The van der Waals surface area contributed by atoms with E-state index in [9.17, 15) is 8.78 Å². The number of aryl methyl sites for hydroxylation is 1. The Kier molecular flexibility index (Phi) is 3.56. The molecule has 0 aliphatic heterocycles. The normalized spacial score (nSPS) is 10.1. The summed E-state index contributed by atoms with van der Waals surface area (Å²) in [6, 6.07) is 3.35. The maximum atomic E-state index is 12.5. The first-order chi connectivity index (χ1) is 7.10. The maximum Gasteiger partial charge on any atom is 0.284 e. The second kappa shape index (κ2) is 4.69. The number of ether oxygens (including phenoxy) is 1. The van der Waals surface area contributed by atoms with Gasteiger partial charge >= 0.3 is 0 Å². The summed E-state index contributed by atoms with van der Waals surface area (Å²) in [5, 5.41) is 8.49. The smallest absolute Gasteiger partial charge is 0.284 e. The predicted molar refractivity (Wildman–Crippen MR) is 49.8 cm³/mol. The molecule has 0 aromatic carbocycles. The minimum Gasteiger partial charge on any atom is -0.495 e. The summed E-state index contributed by atoms with van der Waals surface area (Å²) in [6.07, 6.45) is -2.67. The molecule has 0 atom stereocenters. The highest BCUT2D eigenvalue weighted by Gasteiger charge is 2.17. The van der Waals surface area contributed by atoms with Crippen molar-refractivity contribution in [3.05, 3.63) is 23.0 Å². The lowest BCUT2D eigenvalue weighted by Crippen LogP contribution is -2.02. The lowest BCUT2D eigenvalue weighted by atomic mass is 10.1. The zero-order valence-electron chi connectivity index (χ0n) is 8.42.